The molecule has 24 heavy (non-hydrogen) atoms. The molecule has 1 aromatic carbocycles. The second-order valence-electron chi connectivity index (χ2n) is 6.80. The third-order valence-corrected chi connectivity index (χ3v) is 4.67. The molecule has 0 unspecified atom stereocenters. The van der Waals surface area contributed by atoms with Crippen LogP contribution in [0, 0.1) is 6.92 Å². The Labute approximate surface area is 144 Å². The van der Waals surface area contributed by atoms with Crippen molar-refractivity contribution in [1.82, 2.24) is 9.88 Å². The lowest BCUT2D eigenvalue weighted by molar-refractivity contribution is 0.0707. The number of amides is 1. The van der Waals surface area contributed by atoms with E-state index in [-0.39, 0.29) is 5.91 Å². The maximum absolute atomic E-state index is 12.9. The number of hydrogen-bond donors (Lipinski definition) is 0. The first-order valence-electron chi connectivity index (χ1n) is 8.54. The number of aryl methyl sites for hydroxylation is 1. The maximum atomic E-state index is 12.9. The number of hydrogen-bond acceptors (Lipinski definition) is 3. The number of benzene rings is 1. The molecule has 0 saturated carbocycles. The molecule has 3 rings (SSSR count). The molecule has 1 aliphatic heterocycles. The Morgan fingerprint density at radius 1 is 1.25 bits per heavy atom. The third-order valence-electron chi connectivity index (χ3n) is 4.67. The largest absolute Gasteiger partial charge is 0.363 e. The minimum Gasteiger partial charge on any atom is -0.363 e. The van der Waals surface area contributed by atoms with Crippen molar-refractivity contribution in [1.29, 1.82) is 0 Å². The van der Waals surface area contributed by atoms with Gasteiger partial charge in [-0.2, -0.15) is 0 Å². The SMILES string of the molecule is Cc1cccc([C@@H]2CCCN(C(=O)c3ccnc(N(C)C)c3)C2)c1. The highest BCUT2D eigenvalue weighted by Crippen LogP contribution is 2.28. The van der Waals surface area contributed by atoms with Crippen LogP contribution >= 0.6 is 0 Å². The number of carbonyl (C=O) groups excluding carboxylic acids is 1. The number of carbonyl (C=O) groups is 1. The van der Waals surface area contributed by atoms with E-state index in [1.54, 1.807) is 6.20 Å². The molecule has 0 spiro atoms. The molecule has 1 saturated heterocycles. The van der Waals surface area contributed by atoms with Gasteiger partial charge in [0.05, 0.1) is 0 Å². The molecule has 2 heterocycles. The fourth-order valence-corrected chi connectivity index (χ4v) is 3.34. The van der Waals surface area contributed by atoms with Gasteiger partial charge in [-0.15, -0.1) is 0 Å². The summed E-state index contributed by atoms with van der Waals surface area (Å²) in [4.78, 5) is 21.1. The van der Waals surface area contributed by atoms with Crippen molar-refractivity contribution in [3.05, 3.63) is 59.3 Å². The van der Waals surface area contributed by atoms with Crippen LogP contribution in [0.25, 0.3) is 0 Å². The summed E-state index contributed by atoms with van der Waals surface area (Å²) < 4.78 is 0. The van der Waals surface area contributed by atoms with Gasteiger partial charge in [0.15, 0.2) is 0 Å². The molecule has 0 radical (unpaired) electrons. The zero-order valence-electron chi connectivity index (χ0n) is 14.7. The first-order valence-corrected chi connectivity index (χ1v) is 8.54. The van der Waals surface area contributed by atoms with Crippen LogP contribution in [-0.2, 0) is 0 Å². The Kier molecular flexibility index (Phi) is 4.84. The van der Waals surface area contributed by atoms with Crippen molar-refractivity contribution in [3.8, 4) is 0 Å². The normalized spacial score (nSPS) is 17.6. The van der Waals surface area contributed by atoms with Crippen LogP contribution in [0.15, 0.2) is 42.6 Å². The van der Waals surface area contributed by atoms with Crippen molar-refractivity contribution >= 4 is 11.7 Å². The molecule has 0 N–H and O–H groups in total. The van der Waals surface area contributed by atoms with Gasteiger partial charge in [0.1, 0.15) is 5.82 Å². The number of rotatable bonds is 3. The van der Waals surface area contributed by atoms with Gasteiger partial charge in [0.25, 0.3) is 5.91 Å². The number of piperidine rings is 1. The van der Waals surface area contributed by atoms with Crippen LogP contribution in [0.2, 0.25) is 0 Å². The second kappa shape index (κ2) is 7.04. The maximum Gasteiger partial charge on any atom is 0.254 e. The fraction of sp³-hybridized carbons (Fsp3) is 0.400. The lowest BCUT2D eigenvalue weighted by Crippen LogP contribution is -2.39. The molecule has 126 valence electrons. The lowest BCUT2D eigenvalue weighted by Gasteiger charge is -2.33. The number of nitrogens with zero attached hydrogens (tertiary/aromatic N) is 3. The first-order chi connectivity index (χ1) is 11.5. The average Bonchev–Trinajstić information content (AvgIpc) is 2.61. The smallest absolute Gasteiger partial charge is 0.254 e. The minimum atomic E-state index is 0.109. The van der Waals surface area contributed by atoms with Crippen LogP contribution in [0.4, 0.5) is 5.82 Å². The van der Waals surface area contributed by atoms with Gasteiger partial charge in [-0.25, -0.2) is 4.98 Å². The highest BCUT2D eigenvalue weighted by atomic mass is 16.2. The van der Waals surface area contributed by atoms with E-state index in [0.29, 0.717) is 5.92 Å². The zero-order chi connectivity index (χ0) is 17.1. The van der Waals surface area contributed by atoms with Crippen LogP contribution in [-0.4, -0.2) is 43.0 Å². The number of pyridine rings is 1. The molecule has 1 atom stereocenters. The predicted molar refractivity (Wildman–Crippen MR) is 97.6 cm³/mol. The van der Waals surface area contributed by atoms with Crippen molar-refractivity contribution < 1.29 is 4.79 Å². The summed E-state index contributed by atoms with van der Waals surface area (Å²) >= 11 is 0. The monoisotopic (exact) mass is 323 g/mol. The van der Waals surface area contributed by atoms with E-state index in [2.05, 4.69) is 36.2 Å². The van der Waals surface area contributed by atoms with Crippen LogP contribution < -0.4 is 4.90 Å². The molecule has 1 fully saturated rings. The van der Waals surface area contributed by atoms with E-state index in [0.717, 1.165) is 37.3 Å². The van der Waals surface area contributed by atoms with Crippen molar-refractivity contribution in [2.45, 2.75) is 25.7 Å². The zero-order valence-corrected chi connectivity index (χ0v) is 14.7. The van der Waals surface area contributed by atoms with Crippen molar-refractivity contribution in [3.63, 3.8) is 0 Å². The Morgan fingerprint density at radius 2 is 2.08 bits per heavy atom. The van der Waals surface area contributed by atoms with E-state index in [1.165, 1.54) is 11.1 Å². The summed E-state index contributed by atoms with van der Waals surface area (Å²) in [6.07, 6.45) is 3.91. The van der Waals surface area contributed by atoms with E-state index in [9.17, 15) is 4.79 Å². The van der Waals surface area contributed by atoms with E-state index < -0.39 is 0 Å². The predicted octanol–water partition coefficient (Wildman–Crippen LogP) is 3.48. The molecule has 0 bridgehead atoms. The molecule has 1 aliphatic rings. The molecule has 2 aromatic rings. The van der Waals surface area contributed by atoms with Crippen LogP contribution in [0.5, 0.6) is 0 Å². The quantitative estimate of drug-likeness (QED) is 0.868. The lowest BCUT2D eigenvalue weighted by atomic mass is 9.89. The van der Waals surface area contributed by atoms with Gasteiger partial charge in [-0.1, -0.05) is 29.8 Å². The third kappa shape index (κ3) is 3.58. The summed E-state index contributed by atoms with van der Waals surface area (Å²) in [5, 5.41) is 0. The Balaban J connectivity index is 1.77. The van der Waals surface area contributed by atoms with Crippen LogP contribution in [0.3, 0.4) is 0 Å². The first kappa shape index (κ1) is 16.5. The highest BCUT2D eigenvalue weighted by molar-refractivity contribution is 5.95. The molecule has 4 nitrogen and oxygen atoms in total. The number of aromatic nitrogens is 1. The molecular formula is C20H25N3O. The summed E-state index contributed by atoms with van der Waals surface area (Å²) in [5.74, 6) is 1.35. The van der Waals surface area contributed by atoms with E-state index in [1.807, 2.05) is 36.0 Å². The summed E-state index contributed by atoms with van der Waals surface area (Å²) in [6, 6.07) is 12.3. The Hall–Kier alpha value is -2.36. The van der Waals surface area contributed by atoms with Gasteiger partial charge < -0.3 is 9.80 Å². The summed E-state index contributed by atoms with van der Waals surface area (Å²) in [5.41, 5.74) is 3.34. The van der Waals surface area contributed by atoms with Crippen molar-refractivity contribution in [2.75, 3.05) is 32.1 Å². The van der Waals surface area contributed by atoms with E-state index >= 15 is 0 Å². The standard InChI is InChI=1S/C20H25N3O/c1-15-6-4-7-16(12-15)18-8-5-11-23(14-18)20(24)17-9-10-21-19(13-17)22(2)3/h4,6-7,9-10,12-13,18H,5,8,11,14H2,1-3H3/t18-/m1/s1. The summed E-state index contributed by atoms with van der Waals surface area (Å²) in [7, 11) is 3.87. The summed E-state index contributed by atoms with van der Waals surface area (Å²) in [6.45, 7) is 3.75. The molecule has 4 heteroatoms. The highest BCUT2D eigenvalue weighted by Gasteiger charge is 2.25. The number of likely N-dealkylation sites (tertiary alicyclic amines) is 1. The molecule has 0 aliphatic carbocycles. The Bertz CT molecular complexity index is 726. The second-order valence-corrected chi connectivity index (χ2v) is 6.80. The molecule has 1 amide bonds. The van der Waals surface area contributed by atoms with Gasteiger partial charge in [-0.05, 0) is 37.5 Å². The average molecular weight is 323 g/mol. The van der Waals surface area contributed by atoms with E-state index in [4.69, 9.17) is 0 Å². The molecular weight excluding hydrogens is 298 g/mol. The minimum absolute atomic E-state index is 0.109. The van der Waals surface area contributed by atoms with Gasteiger partial charge in [0.2, 0.25) is 0 Å². The topological polar surface area (TPSA) is 36.4 Å². The van der Waals surface area contributed by atoms with Gasteiger partial charge in [-0.3, -0.25) is 4.79 Å². The van der Waals surface area contributed by atoms with Crippen molar-refractivity contribution in [2.24, 2.45) is 0 Å². The van der Waals surface area contributed by atoms with Gasteiger partial charge >= 0.3 is 0 Å². The van der Waals surface area contributed by atoms with Gasteiger partial charge in [0, 0.05) is 44.9 Å². The van der Waals surface area contributed by atoms with Crippen LogP contribution in [0.1, 0.15) is 40.2 Å². The Morgan fingerprint density at radius 3 is 2.83 bits per heavy atom. The molecule has 1 aromatic heterocycles. The number of anilines is 1. The fourth-order valence-electron chi connectivity index (χ4n) is 3.34.